The van der Waals surface area contributed by atoms with Crippen LogP contribution in [0.4, 0.5) is 0 Å². The van der Waals surface area contributed by atoms with Crippen molar-refractivity contribution < 1.29 is 24.2 Å². The van der Waals surface area contributed by atoms with Gasteiger partial charge in [-0.25, -0.2) is 0 Å². The molecule has 0 aromatic heterocycles. The highest BCUT2D eigenvalue weighted by molar-refractivity contribution is 5.93. The van der Waals surface area contributed by atoms with E-state index in [-0.39, 0.29) is 18.6 Å². The summed E-state index contributed by atoms with van der Waals surface area (Å²) in [6.45, 7) is 0.248. The molecule has 0 aliphatic rings. The van der Waals surface area contributed by atoms with Gasteiger partial charge in [-0.3, -0.25) is 9.59 Å². The number of carboxylic acid groups (broad SMARTS) is 1. The van der Waals surface area contributed by atoms with Crippen molar-refractivity contribution in [3.8, 4) is 11.5 Å². The lowest BCUT2D eigenvalue weighted by Crippen LogP contribution is -2.11. The van der Waals surface area contributed by atoms with E-state index in [1.54, 1.807) is 6.07 Å². The molecule has 0 radical (unpaired) electrons. The van der Waals surface area contributed by atoms with Crippen molar-refractivity contribution in [3.63, 3.8) is 0 Å². The van der Waals surface area contributed by atoms with Crippen molar-refractivity contribution in [3.05, 3.63) is 23.8 Å². The molecule has 1 rings (SSSR count). The average molecular weight is 253 g/mol. The van der Waals surface area contributed by atoms with E-state index in [4.69, 9.17) is 20.3 Å². The van der Waals surface area contributed by atoms with E-state index < -0.39 is 11.9 Å². The summed E-state index contributed by atoms with van der Waals surface area (Å²) in [5.74, 6) is -0.570. The second-order valence-electron chi connectivity index (χ2n) is 3.61. The Hall–Kier alpha value is -2.24. The summed E-state index contributed by atoms with van der Waals surface area (Å²) >= 11 is 0. The van der Waals surface area contributed by atoms with E-state index in [2.05, 4.69) is 0 Å². The highest BCUT2D eigenvalue weighted by Crippen LogP contribution is 2.22. The largest absolute Gasteiger partial charge is 0.497 e. The molecule has 3 N–H and O–H groups in total. The van der Waals surface area contributed by atoms with Gasteiger partial charge in [0, 0.05) is 18.1 Å². The molecule has 0 aliphatic carbocycles. The Balaban J connectivity index is 2.66. The summed E-state index contributed by atoms with van der Waals surface area (Å²) in [6, 6.07) is 4.60. The van der Waals surface area contributed by atoms with Crippen LogP contribution in [0.3, 0.4) is 0 Å². The van der Waals surface area contributed by atoms with Crippen LogP contribution >= 0.6 is 0 Å². The van der Waals surface area contributed by atoms with Crippen molar-refractivity contribution in [2.45, 2.75) is 12.8 Å². The summed E-state index contributed by atoms with van der Waals surface area (Å²) in [7, 11) is 1.47. The molecule has 0 saturated carbocycles. The molecule has 1 aromatic rings. The molecule has 0 aliphatic heterocycles. The van der Waals surface area contributed by atoms with Crippen molar-refractivity contribution in [1.29, 1.82) is 0 Å². The van der Waals surface area contributed by atoms with E-state index in [0.29, 0.717) is 17.9 Å². The summed E-state index contributed by atoms with van der Waals surface area (Å²) in [4.78, 5) is 21.4. The SMILES string of the molecule is COc1cc(OCCCC(=O)O)cc(C(N)=O)c1. The van der Waals surface area contributed by atoms with Crippen LogP contribution in [0.2, 0.25) is 0 Å². The lowest BCUT2D eigenvalue weighted by molar-refractivity contribution is -0.137. The van der Waals surface area contributed by atoms with Gasteiger partial charge in [0.1, 0.15) is 11.5 Å². The first-order chi connectivity index (χ1) is 8.52. The van der Waals surface area contributed by atoms with Crippen LogP contribution in [0.5, 0.6) is 11.5 Å². The normalized spacial score (nSPS) is 9.83. The third-order valence-electron chi connectivity index (χ3n) is 2.20. The van der Waals surface area contributed by atoms with E-state index >= 15 is 0 Å². The fraction of sp³-hybridized carbons (Fsp3) is 0.333. The molecule has 98 valence electrons. The number of carbonyl (C=O) groups is 2. The second-order valence-corrected chi connectivity index (χ2v) is 3.61. The molecule has 0 fully saturated rings. The van der Waals surface area contributed by atoms with Gasteiger partial charge >= 0.3 is 5.97 Å². The number of primary amides is 1. The fourth-order valence-electron chi connectivity index (χ4n) is 1.33. The van der Waals surface area contributed by atoms with Crippen LogP contribution in [0.15, 0.2) is 18.2 Å². The molecule has 6 nitrogen and oxygen atoms in total. The minimum atomic E-state index is -0.873. The number of aliphatic carboxylic acids is 1. The van der Waals surface area contributed by atoms with Gasteiger partial charge in [0.15, 0.2) is 0 Å². The number of hydrogen-bond donors (Lipinski definition) is 2. The first-order valence-corrected chi connectivity index (χ1v) is 5.36. The number of carbonyl (C=O) groups excluding carboxylic acids is 1. The molecule has 1 amide bonds. The van der Waals surface area contributed by atoms with Crippen LogP contribution < -0.4 is 15.2 Å². The lowest BCUT2D eigenvalue weighted by atomic mass is 10.2. The summed E-state index contributed by atoms with van der Waals surface area (Å²) in [5, 5.41) is 8.47. The van der Waals surface area contributed by atoms with Gasteiger partial charge in [0.25, 0.3) is 0 Å². The number of benzene rings is 1. The van der Waals surface area contributed by atoms with Crippen molar-refractivity contribution in [2.75, 3.05) is 13.7 Å². The number of ether oxygens (including phenoxy) is 2. The minimum absolute atomic E-state index is 0.0344. The third-order valence-corrected chi connectivity index (χ3v) is 2.20. The van der Waals surface area contributed by atoms with Gasteiger partial charge in [-0.2, -0.15) is 0 Å². The number of carboxylic acids is 1. The molecule has 0 spiro atoms. The topological polar surface area (TPSA) is 98.8 Å². The predicted molar refractivity (Wildman–Crippen MR) is 63.9 cm³/mol. The molecular weight excluding hydrogens is 238 g/mol. The molecule has 0 bridgehead atoms. The number of methoxy groups -OCH3 is 1. The van der Waals surface area contributed by atoms with Crippen LogP contribution in [-0.4, -0.2) is 30.7 Å². The van der Waals surface area contributed by atoms with Gasteiger partial charge in [0.05, 0.1) is 13.7 Å². The van der Waals surface area contributed by atoms with Crippen LogP contribution in [-0.2, 0) is 4.79 Å². The number of nitrogens with two attached hydrogens (primary N) is 1. The van der Waals surface area contributed by atoms with E-state index in [1.807, 2.05) is 0 Å². The Labute approximate surface area is 104 Å². The minimum Gasteiger partial charge on any atom is -0.497 e. The first-order valence-electron chi connectivity index (χ1n) is 5.36. The number of amides is 1. The Morgan fingerprint density at radius 2 is 1.94 bits per heavy atom. The Kier molecular flexibility index (Phi) is 4.98. The molecular formula is C12H15NO5. The summed E-state index contributed by atoms with van der Waals surface area (Å²) in [5.41, 5.74) is 5.45. The van der Waals surface area contributed by atoms with Crippen molar-refractivity contribution in [1.82, 2.24) is 0 Å². The third kappa shape index (κ3) is 4.32. The Morgan fingerprint density at radius 1 is 1.28 bits per heavy atom. The van der Waals surface area contributed by atoms with Crippen LogP contribution in [0.25, 0.3) is 0 Å². The lowest BCUT2D eigenvalue weighted by Gasteiger charge is -2.09. The van der Waals surface area contributed by atoms with Gasteiger partial charge in [-0.1, -0.05) is 0 Å². The quantitative estimate of drug-likeness (QED) is 0.707. The number of hydrogen-bond acceptors (Lipinski definition) is 4. The molecule has 0 heterocycles. The van der Waals surface area contributed by atoms with Crippen molar-refractivity contribution >= 4 is 11.9 Å². The smallest absolute Gasteiger partial charge is 0.303 e. The molecule has 6 heteroatoms. The first kappa shape index (κ1) is 13.8. The zero-order chi connectivity index (χ0) is 13.5. The van der Waals surface area contributed by atoms with Crippen LogP contribution in [0.1, 0.15) is 23.2 Å². The van der Waals surface area contributed by atoms with E-state index in [9.17, 15) is 9.59 Å². The monoisotopic (exact) mass is 253 g/mol. The summed E-state index contributed by atoms with van der Waals surface area (Å²) < 4.78 is 10.3. The maximum Gasteiger partial charge on any atom is 0.303 e. The van der Waals surface area contributed by atoms with E-state index in [1.165, 1.54) is 19.2 Å². The van der Waals surface area contributed by atoms with Crippen molar-refractivity contribution in [2.24, 2.45) is 5.73 Å². The Morgan fingerprint density at radius 3 is 2.50 bits per heavy atom. The maximum absolute atomic E-state index is 11.1. The highest BCUT2D eigenvalue weighted by Gasteiger charge is 2.07. The van der Waals surface area contributed by atoms with Gasteiger partial charge in [-0.05, 0) is 18.6 Å². The van der Waals surface area contributed by atoms with Gasteiger partial charge < -0.3 is 20.3 Å². The maximum atomic E-state index is 11.1. The molecule has 0 saturated heterocycles. The van der Waals surface area contributed by atoms with Gasteiger partial charge in [-0.15, -0.1) is 0 Å². The second kappa shape index (κ2) is 6.48. The number of rotatable bonds is 7. The predicted octanol–water partition coefficient (Wildman–Crippen LogP) is 1.04. The molecule has 18 heavy (non-hydrogen) atoms. The average Bonchev–Trinajstić information content (AvgIpc) is 2.34. The summed E-state index contributed by atoms with van der Waals surface area (Å²) in [6.07, 6.45) is 0.422. The zero-order valence-corrected chi connectivity index (χ0v) is 10.0. The fourth-order valence-corrected chi connectivity index (χ4v) is 1.33. The van der Waals surface area contributed by atoms with Crippen LogP contribution in [0, 0.1) is 0 Å². The molecule has 0 atom stereocenters. The highest BCUT2D eigenvalue weighted by atomic mass is 16.5. The van der Waals surface area contributed by atoms with Gasteiger partial charge in [0.2, 0.25) is 5.91 Å². The molecule has 1 aromatic carbocycles. The molecule has 0 unspecified atom stereocenters. The Bertz CT molecular complexity index is 444. The zero-order valence-electron chi connectivity index (χ0n) is 10.0. The van der Waals surface area contributed by atoms with E-state index in [0.717, 1.165) is 0 Å². The standard InChI is InChI=1S/C12H15NO5/c1-17-9-5-8(12(13)16)6-10(7-9)18-4-2-3-11(14)15/h5-7H,2-4H2,1H3,(H2,13,16)(H,14,15).